The zero-order valence-corrected chi connectivity index (χ0v) is 15.6. The van der Waals surface area contributed by atoms with Gasteiger partial charge in [-0.3, -0.25) is 4.79 Å². The lowest BCUT2D eigenvalue weighted by atomic mass is 9.97. The van der Waals surface area contributed by atoms with Gasteiger partial charge in [-0.1, -0.05) is 20.8 Å². The third-order valence-corrected chi connectivity index (χ3v) is 4.12. The van der Waals surface area contributed by atoms with Crippen molar-refractivity contribution < 1.29 is 19.4 Å². The Labute approximate surface area is 154 Å². The number of hydrogen-bond donors (Lipinski definition) is 2. The number of amides is 1. The molecule has 1 amide bonds. The SMILES string of the molecule is CCC(NC(=O)c1ccc(Oc2ccc(OC)cc2)cn1)C(O)C(C)C. The van der Waals surface area contributed by atoms with Crippen molar-refractivity contribution in [3.05, 3.63) is 48.3 Å². The Kier molecular flexibility index (Phi) is 6.97. The molecule has 2 rings (SSSR count). The van der Waals surface area contributed by atoms with E-state index in [-0.39, 0.29) is 23.6 Å². The van der Waals surface area contributed by atoms with Gasteiger partial charge < -0.3 is 19.9 Å². The zero-order chi connectivity index (χ0) is 19.1. The molecule has 6 heteroatoms. The smallest absolute Gasteiger partial charge is 0.270 e. The molecular formula is C20H26N2O4. The fourth-order valence-electron chi connectivity index (χ4n) is 2.49. The molecule has 1 aromatic carbocycles. The maximum atomic E-state index is 12.3. The summed E-state index contributed by atoms with van der Waals surface area (Å²) in [7, 11) is 1.60. The van der Waals surface area contributed by atoms with Crippen molar-refractivity contribution in [3.8, 4) is 17.2 Å². The largest absolute Gasteiger partial charge is 0.497 e. The predicted molar refractivity (Wildman–Crippen MR) is 99.7 cm³/mol. The van der Waals surface area contributed by atoms with Crippen molar-refractivity contribution in [3.63, 3.8) is 0 Å². The van der Waals surface area contributed by atoms with Crippen LogP contribution in [0.2, 0.25) is 0 Å². The number of pyridine rings is 1. The molecule has 6 nitrogen and oxygen atoms in total. The standard InChI is InChI=1S/C20H26N2O4/c1-5-17(19(23)13(2)3)22-20(24)18-11-10-16(12-21-18)26-15-8-6-14(25-4)7-9-15/h6-13,17,19,23H,5H2,1-4H3,(H,22,24). The van der Waals surface area contributed by atoms with Crippen molar-refractivity contribution in [2.24, 2.45) is 5.92 Å². The molecule has 0 radical (unpaired) electrons. The molecule has 2 aromatic rings. The summed E-state index contributed by atoms with van der Waals surface area (Å²) in [6.07, 6.45) is 1.55. The number of nitrogens with one attached hydrogen (secondary N) is 1. The van der Waals surface area contributed by atoms with Gasteiger partial charge in [0, 0.05) is 0 Å². The fraction of sp³-hybridized carbons (Fsp3) is 0.400. The van der Waals surface area contributed by atoms with Gasteiger partial charge in [0.25, 0.3) is 5.91 Å². The minimum atomic E-state index is -0.596. The monoisotopic (exact) mass is 358 g/mol. The summed E-state index contributed by atoms with van der Waals surface area (Å²) < 4.78 is 10.8. The molecule has 2 N–H and O–H groups in total. The van der Waals surface area contributed by atoms with E-state index in [9.17, 15) is 9.90 Å². The highest BCUT2D eigenvalue weighted by atomic mass is 16.5. The van der Waals surface area contributed by atoms with Crippen molar-refractivity contribution in [2.75, 3.05) is 7.11 Å². The maximum absolute atomic E-state index is 12.3. The Morgan fingerprint density at radius 1 is 1.12 bits per heavy atom. The number of hydrogen-bond acceptors (Lipinski definition) is 5. The number of carbonyl (C=O) groups excluding carboxylic acids is 1. The van der Waals surface area contributed by atoms with Crippen LogP contribution in [0, 0.1) is 5.92 Å². The molecule has 1 heterocycles. The topological polar surface area (TPSA) is 80.7 Å². The number of carbonyl (C=O) groups is 1. The summed E-state index contributed by atoms with van der Waals surface area (Å²) in [6.45, 7) is 5.77. The van der Waals surface area contributed by atoms with Crippen molar-refractivity contribution in [1.82, 2.24) is 10.3 Å². The van der Waals surface area contributed by atoms with Crippen LogP contribution in [0.4, 0.5) is 0 Å². The summed E-state index contributed by atoms with van der Waals surface area (Å²) in [5.41, 5.74) is 0.279. The van der Waals surface area contributed by atoms with Gasteiger partial charge in [0.15, 0.2) is 0 Å². The Hall–Kier alpha value is -2.60. The molecule has 1 aromatic heterocycles. The van der Waals surface area contributed by atoms with Crippen LogP contribution >= 0.6 is 0 Å². The highest BCUT2D eigenvalue weighted by Gasteiger charge is 2.23. The molecule has 0 bridgehead atoms. The molecule has 0 aliphatic heterocycles. The van der Waals surface area contributed by atoms with Gasteiger partial charge in [0.1, 0.15) is 22.9 Å². The van der Waals surface area contributed by atoms with Crippen LogP contribution in [-0.2, 0) is 0 Å². The minimum Gasteiger partial charge on any atom is -0.497 e. The second-order valence-electron chi connectivity index (χ2n) is 6.38. The molecule has 0 aliphatic carbocycles. The van der Waals surface area contributed by atoms with Crippen LogP contribution in [0.25, 0.3) is 0 Å². The first-order valence-electron chi connectivity index (χ1n) is 8.71. The number of aromatic nitrogens is 1. The van der Waals surface area contributed by atoms with E-state index in [0.717, 1.165) is 5.75 Å². The van der Waals surface area contributed by atoms with E-state index in [0.29, 0.717) is 17.9 Å². The first-order valence-corrected chi connectivity index (χ1v) is 8.71. The quantitative estimate of drug-likeness (QED) is 0.756. The van der Waals surface area contributed by atoms with Crippen molar-refractivity contribution in [2.45, 2.75) is 39.3 Å². The van der Waals surface area contributed by atoms with Gasteiger partial charge in [0.05, 0.1) is 25.5 Å². The normalized spacial score (nSPS) is 13.2. The Balaban J connectivity index is 2.00. The van der Waals surface area contributed by atoms with E-state index in [1.54, 1.807) is 43.5 Å². The number of aliphatic hydroxyl groups excluding tert-OH is 1. The molecule has 0 saturated carbocycles. The lowest BCUT2D eigenvalue weighted by Gasteiger charge is -2.25. The first-order chi connectivity index (χ1) is 12.4. The number of aliphatic hydroxyl groups is 1. The van der Waals surface area contributed by atoms with Gasteiger partial charge in [-0.2, -0.15) is 0 Å². The highest BCUT2D eigenvalue weighted by Crippen LogP contribution is 2.23. The summed E-state index contributed by atoms with van der Waals surface area (Å²) in [5, 5.41) is 13.0. The molecular weight excluding hydrogens is 332 g/mol. The molecule has 0 fully saturated rings. The zero-order valence-electron chi connectivity index (χ0n) is 15.6. The van der Waals surface area contributed by atoms with E-state index in [1.807, 2.05) is 20.8 Å². The Morgan fingerprint density at radius 2 is 1.73 bits per heavy atom. The number of rotatable bonds is 8. The number of nitrogens with zero attached hydrogens (tertiary/aromatic N) is 1. The lowest BCUT2D eigenvalue weighted by molar-refractivity contribution is 0.0675. The molecule has 140 valence electrons. The third-order valence-electron chi connectivity index (χ3n) is 4.12. The molecule has 2 atom stereocenters. The van der Waals surface area contributed by atoms with Crippen molar-refractivity contribution >= 4 is 5.91 Å². The molecule has 2 unspecified atom stereocenters. The highest BCUT2D eigenvalue weighted by molar-refractivity contribution is 5.92. The summed E-state index contributed by atoms with van der Waals surface area (Å²) in [6, 6.07) is 10.2. The van der Waals surface area contributed by atoms with Gasteiger partial charge in [-0.15, -0.1) is 0 Å². The summed E-state index contributed by atoms with van der Waals surface area (Å²) in [4.78, 5) is 16.5. The fourth-order valence-corrected chi connectivity index (χ4v) is 2.49. The molecule has 0 aliphatic rings. The average molecular weight is 358 g/mol. The number of ether oxygens (including phenoxy) is 2. The first kappa shape index (κ1) is 19.7. The Morgan fingerprint density at radius 3 is 2.23 bits per heavy atom. The van der Waals surface area contributed by atoms with E-state index in [1.165, 1.54) is 6.20 Å². The molecule has 0 spiro atoms. The second kappa shape index (κ2) is 9.20. The van der Waals surface area contributed by atoms with Crippen molar-refractivity contribution in [1.29, 1.82) is 0 Å². The van der Waals surface area contributed by atoms with Gasteiger partial charge in [-0.25, -0.2) is 4.98 Å². The number of methoxy groups -OCH3 is 1. The molecule has 0 saturated heterocycles. The Bertz CT molecular complexity index is 699. The van der Waals surface area contributed by atoms with E-state index in [4.69, 9.17) is 9.47 Å². The summed E-state index contributed by atoms with van der Waals surface area (Å²) >= 11 is 0. The van der Waals surface area contributed by atoms with Gasteiger partial charge in [-0.05, 0) is 48.7 Å². The van der Waals surface area contributed by atoms with Crippen LogP contribution in [0.5, 0.6) is 17.2 Å². The van der Waals surface area contributed by atoms with Crippen LogP contribution in [0.15, 0.2) is 42.6 Å². The van der Waals surface area contributed by atoms with E-state index < -0.39 is 6.10 Å². The minimum absolute atomic E-state index is 0.0634. The second-order valence-corrected chi connectivity index (χ2v) is 6.38. The predicted octanol–water partition coefficient (Wildman–Crippen LogP) is 3.41. The third kappa shape index (κ3) is 5.20. The number of benzene rings is 1. The summed E-state index contributed by atoms with van der Waals surface area (Å²) in [5.74, 6) is 1.68. The maximum Gasteiger partial charge on any atom is 0.270 e. The van der Waals surface area contributed by atoms with Gasteiger partial charge in [0.2, 0.25) is 0 Å². The molecule has 26 heavy (non-hydrogen) atoms. The van der Waals surface area contributed by atoms with E-state index >= 15 is 0 Å². The van der Waals surface area contributed by atoms with Gasteiger partial charge >= 0.3 is 0 Å². The lowest BCUT2D eigenvalue weighted by Crippen LogP contribution is -2.45. The van der Waals surface area contributed by atoms with Crippen LogP contribution in [0.3, 0.4) is 0 Å². The van der Waals surface area contributed by atoms with E-state index in [2.05, 4.69) is 10.3 Å². The average Bonchev–Trinajstić information content (AvgIpc) is 2.66. The van der Waals surface area contributed by atoms with Crippen LogP contribution < -0.4 is 14.8 Å². The van der Waals surface area contributed by atoms with Crippen LogP contribution in [0.1, 0.15) is 37.7 Å². The van der Waals surface area contributed by atoms with Crippen LogP contribution in [-0.4, -0.2) is 35.3 Å².